The van der Waals surface area contributed by atoms with Crippen LogP contribution in [0.1, 0.15) is 36.8 Å². The fourth-order valence-electron chi connectivity index (χ4n) is 3.24. The lowest BCUT2D eigenvalue weighted by Gasteiger charge is -2.32. The van der Waals surface area contributed by atoms with Gasteiger partial charge in [0.15, 0.2) is 0 Å². The predicted molar refractivity (Wildman–Crippen MR) is 88.8 cm³/mol. The van der Waals surface area contributed by atoms with Crippen molar-refractivity contribution >= 4 is 11.5 Å². The van der Waals surface area contributed by atoms with E-state index in [0.717, 1.165) is 17.1 Å². The Labute approximate surface area is 131 Å². The standard InChI is InChI=1S/C18H20N4/c1-12(14-7-4-5-9-17(14)21-19)16-11-22(3)18-15(13(16)2)8-6-10-20-18/h4-13,19H,1-3H3. The third-order valence-electron chi connectivity index (χ3n) is 4.48. The van der Waals surface area contributed by atoms with Crippen LogP contribution in [-0.2, 0) is 0 Å². The Balaban J connectivity index is 2.04. The van der Waals surface area contributed by atoms with Crippen LogP contribution in [-0.4, -0.2) is 12.0 Å². The molecule has 0 aliphatic carbocycles. The van der Waals surface area contributed by atoms with E-state index in [0.29, 0.717) is 5.92 Å². The topological polar surface area (TPSA) is 52.3 Å². The van der Waals surface area contributed by atoms with Gasteiger partial charge in [-0.1, -0.05) is 38.1 Å². The van der Waals surface area contributed by atoms with Gasteiger partial charge < -0.3 is 4.90 Å². The van der Waals surface area contributed by atoms with Crippen molar-refractivity contribution in [2.75, 3.05) is 11.9 Å². The first-order valence-electron chi connectivity index (χ1n) is 7.49. The first-order chi connectivity index (χ1) is 10.6. The third kappa shape index (κ3) is 2.30. The summed E-state index contributed by atoms with van der Waals surface area (Å²) in [6, 6.07) is 12.0. The predicted octanol–water partition coefficient (Wildman–Crippen LogP) is 4.98. The second kappa shape index (κ2) is 5.72. The van der Waals surface area contributed by atoms with Gasteiger partial charge in [0.2, 0.25) is 0 Å². The van der Waals surface area contributed by atoms with Crippen molar-refractivity contribution in [1.29, 1.82) is 5.53 Å². The number of allylic oxidation sites excluding steroid dienone is 1. The molecule has 1 aromatic heterocycles. The molecule has 1 N–H and O–H groups in total. The van der Waals surface area contributed by atoms with Crippen LogP contribution in [0.15, 0.2) is 59.5 Å². The molecule has 0 spiro atoms. The van der Waals surface area contributed by atoms with Crippen molar-refractivity contribution in [2.45, 2.75) is 25.7 Å². The zero-order chi connectivity index (χ0) is 15.7. The molecule has 4 nitrogen and oxygen atoms in total. The lowest BCUT2D eigenvalue weighted by molar-refractivity contribution is 0.731. The summed E-state index contributed by atoms with van der Waals surface area (Å²) in [5.41, 5.74) is 11.8. The van der Waals surface area contributed by atoms with E-state index in [4.69, 9.17) is 5.53 Å². The average molecular weight is 292 g/mol. The maximum Gasteiger partial charge on any atom is 0.136 e. The molecule has 0 amide bonds. The van der Waals surface area contributed by atoms with Gasteiger partial charge in [0.1, 0.15) is 5.82 Å². The maximum atomic E-state index is 7.38. The Hall–Kier alpha value is -2.49. The van der Waals surface area contributed by atoms with Crippen molar-refractivity contribution < 1.29 is 0 Å². The van der Waals surface area contributed by atoms with Crippen LogP contribution < -0.4 is 4.90 Å². The monoisotopic (exact) mass is 292 g/mol. The van der Waals surface area contributed by atoms with Crippen LogP contribution in [0.5, 0.6) is 0 Å². The van der Waals surface area contributed by atoms with E-state index >= 15 is 0 Å². The highest BCUT2D eigenvalue weighted by molar-refractivity contribution is 5.59. The number of hydrogen-bond donors (Lipinski definition) is 1. The second-order valence-corrected chi connectivity index (χ2v) is 5.77. The van der Waals surface area contributed by atoms with E-state index in [2.05, 4.69) is 47.2 Å². The Morgan fingerprint density at radius 2 is 2.00 bits per heavy atom. The number of benzene rings is 1. The number of pyridine rings is 1. The van der Waals surface area contributed by atoms with E-state index in [-0.39, 0.29) is 5.92 Å². The largest absolute Gasteiger partial charge is 0.336 e. The number of nitrogens with one attached hydrogen (secondary N) is 1. The lowest BCUT2D eigenvalue weighted by Crippen LogP contribution is -2.22. The first-order valence-corrected chi connectivity index (χ1v) is 7.49. The molecule has 0 radical (unpaired) electrons. The van der Waals surface area contributed by atoms with Gasteiger partial charge in [-0.25, -0.2) is 10.5 Å². The number of para-hydroxylation sites is 1. The zero-order valence-corrected chi connectivity index (χ0v) is 13.1. The number of anilines is 1. The van der Waals surface area contributed by atoms with E-state index in [1.54, 1.807) is 0 Å². The maximum absolute atomic E-state index is 7.38. The van der Waals surface area contributed by atoms with Crippen LogP contribution in [0.25, 0.3) is 0 Å². The van der Waals surface area contributed by atoms with Gasteiger partial charge >= 0.3 is 0 Å². The van der Waals surface area contributed by atoms with Gasteiger partial charge in [-0.3, -0.25) is 0 Å². The van der Waals surface area contributed by atoms with Gasteiger partial charge in [-0.15, -0.1) is 0 Å². The summed E-state index contributed by atoms with van der Waals surface area (Å²) < 4.78 is 0. The molecule has 3 rings (SSSR count). The summed E-state index contributed by atoms with van der Waals surface area (Å²) >= 11 is 0. The van der Waals surface area contributed by atoms with Crippen LogP contribution >= 0.6 is 0 Å². The van der Waals surface area contributed by atoms with Crippen LogP contribution in [0.3, 0.4) is 0 Å². The fraction of sp³-hybridized carbons (Fsp3) is 0.278. The Morgan fingerprint density at radius 1 is 1.23 bits per heavy atom. The summed E-state index contributed by atoms with van der Waals surface area (Å²) in [4.78, 5) is 6.57. The molecule has 0 fully saturated rings. The molecule has 2 aromatic rings. The summed E-state index contributed by atoms with van der Waals surface area (Å²) in [6.45, 7) is 4.40. The molecule has 1 aliphatic rings. The summed E-state index contributed by atoms with van der Waals surface area (Å²) in [7, 11) is 2.03. The van der Waals surface area contributed by atoms with Crippen LogP contribution in [0, 0.1) is 5.53 Å². The van der Waals surface area contributed by atoms with Gasteiger partial charge in [0.05, 0.1) is 5.69 Å². The van der Waals surface area contributed by atoms with E-state index in [9.17, 15) is 0 Å². The molecule has 0 bridgehead atoms. The van der Waals surface area contributed by atoms with Gasteiger partial charge in [-0.05, 0) is 23.3 Å². The second-order valence-electron chi connectivity index (χ2n) is 5.77. The summed E-state index contributed by atoms with van der Waals surface area (Å²) in [5.74, 6) is 1.52. The number of aromatic nitrogens is 1. The number of nitrogens with zero attached hydrogens (tertiary/aromatic N) is 3. The quantitative estimate of drug-likeness (QED) is 0.811. The number of hydrogen-bond acceptors (Lipinski definition) is 4. The molecular weight excluding hydrogens is 272 g/mol. The average Bonchev–Trinajstić information content (AvgIpc) is 2.57. The molecule has 1 aliphatic heterocycles. The minimum atomic E-state index is 0.205. The molecule has 22 heavy (non-hydrogen) atoms. The summed E-state index contributed by atoms with van der Waals surface area (Å²) in [6.07, 6.45) is 4.00. The van der Waals surface area contributed by atoms with Crippen LogP contribution in [0.2, 0.25) is 0 Å². The molecule has 2 heterocycles. The fourth-order valence-corrected chi connectivity index (χ4v) is 3.24. The molecule has 2 unspecified atom stereocenters. The molecule has 0 saturated heterocycles. The van der Waals surface area contributed by atoms with Gasteiger partial charge in [0, 0.05) is 36.8 Å². The minimum absolute atomic E-state index is 0.205. The van der Waals surface area contributed by atoms with Gasteiger partial charge in [0.25, 0.3) is 0 Å². The smallest absolute Gasteiger partial charge is 0.136 e. The lowest BCUT2D eigenvalue weighted by atomic mass is 9.80. The molecule has 4 heteroatoms. The highest BCUT2D eigenvalue weighted by atomic mass is 15.2. The van der Waals surface area contributed by atoms with Crippen molar-refractivity contribution in [1.82, 2.24) is 4.98 Å². The van der Waals surface area contributed by atoms with E-state index in [1.165, 1.54) is 11.1 Å². The van der Waals surface area contributed by atoms with Crippen molar-refractivity contribution in [2.24, 2.45) is 5.11 Å². The number of fused-ring (bicyclic) bond motifs is 1. The van der Waals surface area contributed by atoms with E-state index < -0.39 is 0 Å². The molecular formula is C18H20N4. The van der Waals surface area contributed by atoms with E-state index in [1.807, 2.05) is 37.5 Å². The highest BCUT2D eigenvalue weighted by Gasteiger charge is 2.27. The Morgan fingerprint density at radius 3 is 2.77 bits per heavy atom. The van der Waals surface area contributed by atoms with Crippen molar-refractivity contribution in [3.8, 4) is 0 Å². The van der Waals surface area contributed by atoms with Gasteiger partial charge in [-0.2, -0.15) is 5.11 Å². The molecule has 2 atom stereocenters. The normalized spacial score (nSPS) is 18.4. The van der Waals surface area contributed by atoms with Crippen LogP contribution in [0.4, 0.5) is 11.5 Å². The van der Waals surface area contributed by atoms with Crippen molar-refractivity contribution in [3.05, 3.63) is 65.5 Å². The molecule has 1 aromatic carbocycles. The Kier molecular flexibility index (Phi) is 3.75. The third-order valence-corrected chi connectivity index (χ3v) is 4.48. The molecule has 0 saturated carbocycles. The SMILES string of the molecule is CC(C1=CN(C)c2ncccc2C1C)c1ccccc1N=N. The number of rotatable bonds is 3. The van der Waals surface area contributed by atoms with Crippen molar-refractivity contribution in [3.63, 3.8) is 0 Å². The zero-order valence-electron chi connectivity index (χ0n) is 13.1. The highest BCUT2D eigenvalue weighted by Crippen LogP contribution is 2.43. The summed E-state index contributed by atoms with van der Waals surface area (Å²) in [5, 5.41) is 3.67. The Bertz CT molecular complexity index is 735. The minimum Gasteiger partial charge on any atom is -0.336 e. The molecule has 112 valence electrons. The first kappa shape index (κ1) is 14.4.